The quantitative estimate of drug-likeness (QED) is 0.720. The van der Waals surface area contributed by atoms with Crippen LogP contribution in [0.25, 0.3) is 10.9 Å². The lowest BCUT2D eigenvalue weighted by atomic mass is 10.1. The van der Waals surface area contributed by atoms with Crippen molar-refractivity contribution in [2.24, 2.45) is 0 Å². The van der Waals surface area contributed by atoms with E-state index in [0.717, 1.165) is 48.9 Å². The molecule has 0 spiro atoms. The molecule has 3 heteroatoms. The maximum atomic E-state index is 12.8. The lowest BCUT2D eigenvalue weighted by Gasteiger charge is -2.14. The van der Waals surface area contributed by atoms with E-state index in [4.69, 9.17) is 0 Å². The standard InChI is InChI=1S/C20H20N2O/c23-20(21-12-6-7-13-21)18-15-22(14-16-8-2-1-3-9-16)19-11-5-4-10-17(18)19/h1-5,8-11,15H,6-7,12-14H2. The van der Waals surface area contributed by atoms with Crippen LogP contribution in [0, 0.1) is 0 Å². The highest BCUT2D eigenvalue weighted by molar-refractivity contribution is 6.07. The number of benzene rings is 2. The Labute approximate surface area is 136 Å². The van der Waals surface area contributed by atoms with Gasteiger partial charge < -0.3 is 9.47 Å². The number of likely N-dealkylation sites (tertiary alicyclic amines) is 1. The van der Waals surface area contributed by atoms with Gasteiger partial charge in [-0.3, -0.25) is 4.79 Å². The molecule has 116 valence electrons. The number of amides is 1. The van der Waals surface area contributed by atoms with E-state index in [9.17, 15) is 4.79 Å². The van der Waals surface area contributed by atoms with Crippen molar-refractivity contribution in [3.63, 3.8) is 0 Å². The van der Waals surface area contributed by atoms with E-state index in [1.54, 1.807) is 0 Å². The second kappa shape index (κ2) is 5.92. The molecule has 0 N–H and O–H groups in total. The minimum absolute atomic E-state index is 0.172. The van der Waals surface area contributed by atoms with Crippen molar-refractivity contribution < 1.29 is 4.79 Å². The highest BCUT2D eigenvalue weighted by Crippen LogP contribution is 2.25. The largest absolute Gasteiger partial charge is 0.342 e. The monoisotopic (exact) mass is 304 g/mol. The van der Waals surface area contributed by atoms with Crippen molar-refractivity contribution in [3.05, 3.63) is 71.9 Å². The molecule has 1 amide bonds. The van der Waals surface area contributed by atoms with Crippen LogP contribution < -0.4 is 0 Å². The Morgan fingerprint density at radius 1 is 0.913 bits per heavy atom. The maximum Gasteiger partial charge on any atom is 0.256 e. The predicted octanol–water partition coefficient (Wildman–Crippen LogP) is 3.93. The number of carbonyl (C=O) groups excluding carboxylic acids is 1. The number of para-hydroxylation sites is 1. The van der Waals surface area contributed by atoms with E-state index in [1.165, 1.54) is 5.56 Å². The summed E-state index contributed by atoms with van der Waals surface area (Å²) in [7, 11) is 0. The molecule has 1 aliphatic heterocycles. The number of fused-ring (bicyclic) bond motifs is 1. The van der Waals surface area contributed by atoms with Crippen molar-refractivity contribution in [3.8, 4) is 0 Å². The van der Waals surface area contributed by atoms with Crippen LogP contribution in [0.5, 0.6) is 0 Å². The SMILES string of the molecule is O=C(c1cn(Cc2ccccc2)c2ccccc12)N1CCCC1. The fraction of sp³-hybridized carbons (Fsp3) is 0.250. The average Bonchev–Trinajstić information content (AvgIpc) is 3.24. The molecule has 1 fully saturated rings. The van der Waals surface area contributed by atoms with Crippen molar-refractivity contribution in [1.29, 1.82) is 0 Å². The maximum absolute atomic E-state index is 12.8. The third-order valence-corrected chi connectivity index (χ3v) is 4.61. The van der Waals surface area contributed by atoms with E-state index >= 15 is 0 Å². The minimum Gasteiger partial charge on any atom is -0.342 e. The van der Waals surface area contributed by atoms with Gasteiger partial charge in [-0.05, 0) is 24.5 Å². The highest BCUT2D eigenvalue weighted by Gasteiger charge is 2.23. The Balaban J connectivity index is 1.75. The number of carbonyl (C=O) groups is 1. The zero-order valence-electron chi connectivity index (χ0n) is 13.1. The first-order valence-corrected chi connectivity index (χ1v) is 8.24. The van der Waals surface area contributed by atoms with Gasteiger partial charge in [0, 0.05) is 36.7 Å². The summed E-state index contributed by atoms with van der Waals surface area (Å²) in [6, 6.07) is 18.6. The molecule has 1 aromatic heterocycles. The molecule has 3 nitrogen and oxygen atoms in total. The first kappa shape index (κ1) is 14.1. The fourth-order valence-electron chi connectivity index (χ4n) is 3.42. The Hall–Kier alpha value is -2.55. The lowest BCUT2D eigenvalue weighted by molar-refractivity contribution is 0.0794. The summed E-state index contributed by atoms with van der Waals surface area (Å²) in [4.78, 5) is 14.8. The van der Waals surface area contributed by atoms with Gasteiger partial charge in [0.05, 0.1) is 5.56 Å². The Bertz CT molecular complexity index is 829. The molecule has 0 saturated carbocycles. The molecule has 4 rings (SSSR count). The first-order chi connectivity index (χ1) is 11.3. The summed E-state index contributed by atoms with van der Waals surface area (Å²) >= 11 is 0. The summed E-state index contributed by atoms with van der Waals surface area (Å²) in [6.45, 7) is 2.56. The van der Waals surface area contributed by atoms with Crippen LogP contribution in [-0.2, 0) is 6.54 Å². The number of aromatic nitrogens is 1. The Morgan fingerprint density at radius 2 is 1.61 bits per heavy atom. The Kier molecular flexibility index (Phi) is 3.62. The van der Waals surface area contributed by atoms with Gasteiger partial charge in [0.25, 0.3) is 5.91 Å². The second-order valence-corrected chi connectivity index (χ2v) is 6.17. The molecule has 0 unspecified atom stereocenters. The molecule has 1 saturated heterocycles. The summed E-state index contributed by atoms with van der Waals surface area (Å²) in [5.74, 6) is 0.172. The van der Waals surface area contributed by atoms with Crippen molar-refractivity contribution in [2.75, 3.05) is 13.1 Å². The molecule has 2 aromatic carbocycles. The fourth-order valence-corrected chi connectivity index (χ4v) is 3.42. The van der Waals surface area contributed by atoms with Crippen LogP contribution in [0.3, 0.4) is 0 Å². The van der Waals surface area contributed by atoms with Crippen LogP contribution in [-0.4, -0.2) is 28.5 Å². The minimum atomic E-state index is 0.172. The zero-order chi connectivity index (χ0) is 15.6. The molecule has 0 bridgehead atoms. The summed E-state index contributed by atoms with van der Waals surface area (Å²) in [5.41, 5.74) is 3.20. The number of hydrogen-bond donors (Lipinski definition) is 0. The topological polar surface area (TPSA) is 25.2 Å². The molecular weight excluding hydrogens is 284 g/mol. The molecule has 1 aliphatic rings. The van der Waals surface area contributed by atoms with Crippen LogP contribution in [0.2, 0.25) is 0 Å². The van der Waals surface area contributed by atoms with Crippen molar-refractivity contribution in [1.82, 2.24) is 9.47 Å². The van der Waals surface area contributed by atoms with Gasteiger partial charge in [-0.1, -0.05) is 48.5 Å². The average molecular weight is 304 g/mol. The van der Waals surface area contributed by atoms with Crippen molar-refractivity contribution in [2.45, 2.75) is 19.4 Å². The van der Waals surface area contributed by atoms with Gasteiger partial charge in [-0.25, -0.2) is 0 Å². The van der Waals surface area contributed by atoms with Crippen LogP contribution in [0.15, 0.2) is 60.8 Å². The summed E-state index contributed by atoms with van der Waals surface area (Å²) in [5, 5.41) is 1.06. The van der Waals surface area contributed by atoms with Crippen LogP contribution in [0.4, 0.5) is 0 Å². The van der Waals surface area contributed by atoms with Gasteiger partial charge in [0.15, 0.2) is 0 Å². The van der Waals surface area contributed by atoms with E-state index in [1.807, 2.05) is 29.3 Å². The second-order valence-electron chi connectivity index (χ2n) is 6.17. The van der Waals surface area contributed by atoms with Crippen molar-refractivity contribution >= 4 is 16.8 Å². The van der Waals surface area contributed by atoms with Gasteiger partial charge in [-0.15, -0.1) is 0 Å². The Morgan fingerprint density at radius 3 is 2.39 bits per heavy atom. The first-order valence-electron chi connectivity index (χ1n) is 8.24. The van der Waals surface area contributed by atoms with Gasteiger partial charge in [0.2, 0.25) is 0 Å². The van der Waals surface area contributed by atoms with E-state index in [2.05, 4.69) is 41.0 Å². The highest BCUT2D eigenvalue weighted by atomic mass is 16.2. The number of rotatable bonds is 3. The van der Waals surface area contributed by atoms with Gasteiger partial charge >= 0.3 is 0 Å². The number of hydrogen-bond acceptors (Lipinski definition) is 1. The third-order valence-electron chi connectivity index (χ3n) is 4.61. The van der Waals surface area contributed by atoms with Gasteiger partial charge in [-0.2, -0.15) is 0 Å². The van der Waals surface area contributed by atoms with E-state index in [0.29, 0.717) is 0 Å². The van der Waals surface area contributed by atoms with E-state index < -0.39 is 0 Å². The summed E-state index contributed by atoms with van der Waals surface area (Å²) in [6.07, 6.45) is 4.26. The van der Waals surface area contributed by atoms with Crippen LogP contribution in [0.1, 0.15) is 28.8 Å². The molecule has 0 atom stereocenters. The zero-order valence-corrected chi connectivity index (χ0v) is 13.1. The molecule has 0 radical (unpaired) electrons. The number of nitrogens with zero attached hydrogens (tertiary/aromatic N) is 2. The normalized spacial score (nSPS) is 14.5. The smallest absolute Gasteiger partial charge is 0.256 e. The van der Waals surface area contributed by atoms with E-state index in [-0.39, 0.29) is 5.91 Å². The predicted molar refractivity (Wildman–Crippen MR) is 92.6 cm³/mol. The van der Waals surface area contributed by atoms with Crippen LogP contribution >= 0.6 is 0 Å². The molecule has 3 aromatic rings. The summed E-state index contributed by atoms with van der Waals surface area (Å²) < 4.78 is 2.19. The molecular formula is C20H20N2O. The van der Waals surface area contributed by atoms with Gasteiger partial charge in [0.1, 0.15) is 0 Å². The molecule has 2 heterocycles. The third kappa shape index (κ3) is 2.63. The lowest BCUT2D eigenvalue weighted by Crippen LogP contribution is -2.27. The molecule has 23 heavy (non-hydrogen) atoms. The molecule has 0 aliphatic carbocycles.